The number of nitrogens with zero attached hydrogens (tertiary/aromatic N) is 2. The van der Waals surface area contributed by atoms with Gasteiger partial charge in [-0.25, -0.2) is 0 Å². The average molecular weight is 251 g/mol. The lowest BCUT2D eigenvalue weighted by Crippen LogP contribution is -2.28. The number of hydrogen-bond donors (Lipinski definition) is 1. The SMILES string of the molecule is FC(F)(F)CNCc1nc(C2CCCO2)no1. The zero-order valence-electron chi connectivity index (χ0n) is 8.96. The van der Waals surface area contributed by atoms with Crippen LogP contribution in [0.3, 0.4) is 0 Å². The van der Waals surface area contributed by atoms with Gasteiger partial charge in [-0.3, -0.25) is 0 Å². The van der Waals surface area contributed by atoms with Crippen LogP contribution in [0.4, 0.5) is 13.2 Å². The summed E-state index contributed by atoms with van der Waals surface area (Å²) in [5, 5.41) is 5.86. The van der Waals surface area contributed by atoms with Crippen molar-refractivity contribution in [1.29, 1.82) is 0 Å². The second-order valence-electron chi connectivity index (χ2n) is 3.77. The lowest BCUT2D eigenvalue weighted by molar-refractivity contribution is -0.125. The molecule has 1 aliphatic rings. The van der Waals surface area contributed by atoms with Crippen LogP contribution in [0.2, 0.25) is 0 Å². The molecule has 1 N–H and O–H groups in total. The van der Waals surface area contributed by atoms with E-state index >= 15 is 0 Å². The molecule has 0 saturated carbocycles. The second-order valence-corrected chi connectivity index (χ2v) is 3.77. The summed E-state index contributed by atoms with van der Waals surface area (Å²) in [4.78, 5) is 3.98. The number of hydrogen-bond acceptors (Lipinski definition) is 5. The van der Waals surface area contributed by atoms with Crippen molar-refractivity contribution in [2.24, 2.45) is 0 Å². The first-order valence-electron chi connectivity index (χ1n) is 5.26. The molecule has 0 spiro atoms. The topological polar surface area (TPSA) is 60.2 Å². The summed E-state index contributed by atoms with van der Waals surface area (Å²) < 4.78 is 45.7. The molecule has 0 aromatic carbocycles. The van der Waals surface area contributed by atoms with E-state index in [1.54, 1.807) is 0 Å². The Kier molecular flexibility index (Phi) is 3.63. The Bertz CT molecular complexity index is 361. The summed E-state index contributed by atoms with van der Waals surface area (Å²) in [6.07, 6.45) is -2.68. The lowest BCUT2D eigenvalue weighted by atomic mass is 10.2. The van der Waals surface area contributed by atoms with Gasteiger partial charge in [-0.05, 0) is 12.8 Å². The minimum absolute atomic E-state index is 0.0980. The fourth-order valence-electron chi connectivity index (χ4n) is 1.56. The van der Waals surface area contributed by atoms with Crippen LogP contribution in [0.25, 0.3) is 0 Å². The molecule has 2 rings (SSSR count). The summed E-state index contributed by atoms with van der Waals surface area (Å²) in [5.74, 6) is 0.547. The molecule has 1 unspecified atom stereocenters. The third kappa shape index (κ3) is 3.67. The second kappa shape index (κ2) is 5.01. The van der Waals surface area contributed by atoms with Gasteiger partial charge in [0.25, 0.3) is 0 Å². The minimum Gasteiger partial charge on any atom is -0.370 e. The first-order valence-corrected chi connectivity index (χ1v) is 5.26. The van der Waals surface area contributed by atoms with Crippen molar-refractivity contribution in [3.05, 3.63) is 11.7 Å². The van der Waals surface area contributed by atoms with Crippen molar-refractivity contribution in [3.63, 3.8) is 0 Å². The normalized spacial score (nSPS) is 21.0. The Balaban J connectivity index is 1.81. The maximum atomic E-state index is 11.9. The molecule has 1 aliphatic heterocycles. The summed E-state index contributed by atoms with van der Waals surface area (Å²) in [6, 6.07) is 0. The molecule has 0 aliphatic carbocycles. The Hall–Kier alpha value is -1.15. The van der Waals surface area contributed by atoms with Gasteiger partial charge in [-0.2, -0.15) is 18.2 Å². The molecule has 1 aromatic rings. The van der Waals surface area contributed by atoms with E-state index in [9.17, 15) is 13.2 Å². The zero-order chi connectivity index (χ0) is 12.3. The Morgan fingerprint density at radius 1 is 1.41 bits per heavy atom. The highest BCUT2D eigenvalue weighted by Gasteiger charge is 2.27. The van der Waals surface area contributed by atoms with Gasteiger partial charge in [0.2, 0.25) is 11.7 Å². The number of aromatic nitrogens is 2. The first-order chi connectivity index (χ1) is 8.04. The molecule has 2 heterocycles. The highest BCUT2D eigenvalue weighted by Crippen LogP contribution is 2.25. The van der Waals surface area contributed by atoms with Crippen LogP contribution in [-0.4, -0.2) is 29.5 Å². The largest absolute Gasteiger partial charge is 0.401 e. The molecule has 1 fully saturated rings. The summed E-state index contributed by atoms with van der Waals surface area (Å²) in [5.41, 5.74) is 0. The van der Waals surface area contributed by atoms with E-state index in [0.29, 0.717) is 12.4 Å². The number of halogens is 3. The fraction of sp³-hybridized carbons (Fsp3) is 0.778. The molecule has 1 aromatic heterocycles. The van der Waals surface area contributed by atoms with Gasteiger partial charge in [0.1, 0.15) is 6.10 Å². The van der Waals surface area contributed by atoms with Gasteiger partial charge < -0.3 is 14.6 Å². The number of nitrogens with one attached hydrogen (secondary N) is 1. The van der Waals surface area contributed by atoms with Crippen LogP contribution in [0.15, 0.2) is 4.52 Å². The van der Waals surface area contributed by atoms with Gasteiger partial charge in [-0.1, -0.05) is 5.16 Å². The van der Waals surface area contributed by atoms with E-state index in [1.807, 2.05) is 0 Å². The standard InChI is InChI=1S/C9H12F3N3O2/c10-9(11,12)5-13-4-7-14-8(15-17-7)6-2-1-3-16-6/h6,13H,1-5H2. The first kappa shape index (κ1) is 12.3. The van der Waals surface area contributed by atoms with Crippen LogP contribution >= 0.6 is 0 Å². The number of ether oxygens (including phenoxy) is 1. The predicted molar refractivity (Wildman–Crippen MR) is 50.0 cm³/mol. The zero-order valence-corrected chi connectivity index (χ0v) is 8.96. The number of alkyl halides is 3. The molecule has 0 bridgehead atoms. The predicted octanol–water partition coefficient (Wildman–Crippen LogP) is 1.57. The van der Waals surface area contributed by atoms with E-state index in [-0.39, 0.29) is 18.5 Å². The van der Waals surface area contributed by atoms with E-state index in [4.69, 9.17) is 9.26 Å². The highest BCUT2D eigenvalue weighted by atomic mass is 19.4. The van der Waals surface area contributed by atoms with Crippen LogP contribution in [0.5, 0.6) is 0 Å². The molecule has 17 heavy (non-hydrogen) atoms. The molecular formula is C9H12F3N3O2. The molecule has 96 valence electrons. The maximum absolute atomic E-state index is 11.9. The quantitative estimate of drug-likeness (QED) is 0.880. The maximum Gasteiger partial charge on any atom is 0.401 e. The Labute approximate surface area is 95.3 Å². The summed E-state index contributed by atoms with van der Waals surface area (Å²) in [6.45, 7) is -0.523. The summed E-state index contributed by atoms with van der Waals surface area (Å²) >= 11 is 0. The van der Waals surface area contributed by atoms with Gasteiger partial charge >= 0.3 is 6.18 Å². The fourth-order valence-corrected chi connectivity index (χ4v) is 1.56. The van der Waals surface area contributed by atoms with Crippen molar-refractivity contribution >= 4 is 0 Å². The minimum atomic E-state index is -4.24. The van der Waals surface area contributed by atoms with Gasteiger partial charge in [0, 0.05) is 6.61 Å². The van der Waals surface area contributed by atoms with Crippen molar-refractivity contribution in [2.75, 3.05) is 13.2 Å². The van der Waals surface area contributed by atoms with Crippen molar-refractivity contribution in [1.82, 2.24) is 15.5 Å². The van der Waals surface area contributed by atoms with Crippen LogP contribution in [0, 0.1) is 0 Å². The average Bonchev–Trinajstić information content (AvgIpc) is 2.83. The van der Waals surface area contributed by atoms with E-state index < -0.39 is 12.7 Å². The van der Waals surface area contributed by atoms with Gasteiger partial charge in [-0.15, -0.1) is 0 Å². The molecule has 0 radical (unpaired) electrons. The van der Waals surface area contributed by atoms with Crippen LogP contribution < -0.4 is 5.32 Å². The molecule has 8 heteroatoms. The molecule has 1 saturated heterocycles. The smallest absolute Gasteiger partial charge is 0.370 e. The van der Waals surface area contributed by atoms with E-state index in [1.165, 1.54) is 0 Å². The molecule has 5 nitrogen and oxygen atoms in total. The third-order valence-electron chi connectivity index (χ3n) is 2.30. The van der Waals surface area contributed by atoms with Crippen LogP contribution in [-0.2, 0) is 11.3 Å². The monoisotopic (exact) mass is 251 g/mol. The van der Waals surface area contributed by atoms with Gasteiger partial charge in [0.05, 0.1) is 13.1 Å². The van der Waals surface area contributed by atoms with Crippen LogP contribution in [0.1, 0.15) is 30.7 Å². The molecule has 0 amide bonds. The Morgan fingerprint density at radius 3 is 2.88 bits per heavy atom. The lowest BCUT2D eigenvalue weighted by Gasteiger charge is -2.05. The van der Waals surface area contributed by atoms with Crippen molar-refractivity contribution in [3.8, 4) is 0 Å². The third-order valence-corrected chi connectivity index (χ3v) is 2.30. The van der Waals surface area contributed by atoms with Crippen molar-refractivity contribution in [2.45, 2.75) is 31.7 Å². The van der Waals surface area contributed by atoms with Crippen molar-refractivity contribution < 1.29 is 22.4 Å². The highest BCUT2D eigenvalue weighted by molar-refractivity contribution is 4.92. The van der Waals surface area contributed by atoms with E-state index in [0.717, 1.165) is 12.8 Å². The van der Waals surface area contributed by atoms with Gasteiger partial charge in [0.15, 0.2) is 0 Å². The molecule has 1 atom stereocenters. The number of rotatable bonds is 4. The molecular weight excluding hydrogens is 239 g/mol. The summed E-state index contributed by atoms with van der Waals surface area (Å²) in [7, 11) is 0. The van der Waals surface area contributed by atoms with E-state index in [2.05, 4.69) is 15.5 Å². The Morgan fingerprint density at radius 2 is 2.24 bits per heavy atom.